The lowest BCUT2D eigenvalue weighted by molar-refractivity contribution is -0.122. The lowest BCUT2D eigenvalue weighted by Gasteiger charge is -2.22. The van der Waals surface area contributed by atoms with Gasteiger partial charge in [0.2, 0.25) is 11.8 Å². The van der Waals surface area contributed by atoms with Crippen LogP contribution in [0, 0.1) is 0 Å². The van der Waals surface area contributed by atoms with Crippen LogP contribution in [0.1, 0.15) is 24.1 Å². The zero-order valence-electron chi connectivity index (χ0n) is 16.5. The Bertz CT molecular complexity index is 1040. The largest absolute Gasteiger partial charge is 0.368 e. The molecule has 3 N–H and O–H groups in total. The second-order valence-electron chi connectivity index (χ2n) is 7.34. The van der Waals surface area contributed by atoms with Crippen LogP contribution in [-0.4, -0.2) is 39.3 Å². The summed E-state index contributed by atoms with van der Waals surface area (Å²) in [6.45, 7) is 1.49. The van der Waals surface area contributed by atoms with Crippen LogP contribution in [0.3, 0.4) is 0 Å². The zero-order chi connectivity index (χ0) is 20.9. The topological polar surface area (TPSA) is 101 Å². The molecule has 3 heterocycles. The number of nitrogens with one attached hydrogen (secondary N) is 1. The van der Waals surface area contributed by atoms with Crippen LogP contribution in [0.2, 0.25) is 0 Å². The van der Waals surface area contributed by atoms with Crippen molar-refractivity contribution in [2.75, 3.05) is 11.9 Å². The van der Waals surface area contributed by atoms with Gasteiger partial charge in [-0.05, 0) is 49.2 Å². The Morgan fingerprint density at radius 2 is 2.17 bits per heavy atom. The highest BCUT2D eigenvalue weighted by molar-refractivity contribution is 7.13. The first-order valence-electron chi connectivity index (χ1n) is 9.85. The molecule has 1 atom stereocenters. The van der Waals surface area contributed by atoms with E-state index in [0.29, 0.717) is 6.54 Å². The van der Waals surface area contributed by atoms with Gasteiger partial charge in [-0.1, -0.05) is 12.1 Å². The predicted octanol–water partition coefficient (Wildman–Crippen LogP) is 2.84. The van der Waals surface area contributed by atoms with Gasteiger partial charge >= 0.3 is 0 Å². The molecule has 4 rings (SSSR count). The average molecular weight is 422 g/mol. The Labute approximate surface area is 179 Å². The van der Waals surface area contributed by atoms with Gasteiger partial charge in [0.25, 0.3) is 0 Å². The summed E-state index contributed by atoms with van der Waals surface area (Å²) in [4.78, 5) is 34.8. The number of nitrogens with zero attached hydrogens (tertiary/aromatic N) is 3. The fourth-order valence-corrected chi connectivity index (χ4v) is 4.51. The van der Waals surface area contributed by atoms with Gasteiger partial charge in [0.1, 0.15) is 5.01 Å². The summed E-state index contributed by atoms with van der Waals surface area (Å²) in [5.41, 5.74) is 8.94. The van der Waals surface area contributed by atoms with E-state index in [9.17, 15) is 9.59 Å². The zero-order valence-corrected chi connectivity index (χ0v) is 17.3. The van der Waals surface area contributed by atoms with Gasteiger partial charge in [-0.25, -0.2) is 4.98 Å². The van der Waals surface area contributed by atoms with Crippen molar-refractivity contribution in [2.45, 2.75) is 31.8 Å². The average Bonchev–Trinajstić information content (AvgIpc) is 3.38. The Kier molecular flexibility index (Phi) is 6.15. The fraction of sp³-hybridized carbons (Fsp3) is 0.273. The van der Waals surface area contributed by atoms with Crippen LogP contribution in [0.5, 0.6) is 0 Å². The monoisotopic (exact) mass is 421 g/mol. The summed E-state index contributed by atoms with van der Waals surface area (Å²) in [6, 6.07) is 11.3. The standard InChI is InChI=1S/C22H23N5O2S/c23-21(29)19-7-3-9-27(19)13-15-4-1-6-17(10-15)25-20(28)11-18-14-30-22(26-18)16-5-2-8-24-12-16/h1-2,4-6,8,10,12,14,19H,3,7,9,11,13H2,(H2,23,29)(H,25,28). The molecule has 7 nitrogen and oxygen atoms in total. The van der Waals surface area contributed by atoms with E-state index in [4.69, 9.17) is 5.73 Å². The van der Waals surface area contributed by atoms with Gasteiger partial charge in [0, 0.05) is 35.6 Å². The first kappa shape index (κ1) is 20.2. The highest BCUT2D eigenvalue weighted by Crippen LogP contribution is 2.24. The lowest BCUT2D eigenvalue weighted by Crippen LogP contribution is -2.39. The molecule has 8 heteroatoms. The number of carbonyl (C=O) groups excluding carboxylic acids is 2. The number of thiazole rings is 1. The molecule has 30 heavy (non-hydrogen) atoms. The highest BCUT2D eigenvalue weighted by Gasteiger charge is 2.28. The quantitative estimate of drug-likeness (QED) is 0.611. The van der Waals surface area contributed by atoms with Crippen molar-refractivity contribution in [2.24, 2.45) is 5.73 Å². The number of amides is 2. The van der Waals surface area contributed by atoms with Gasteiger partial charge in [-0.15, -0.1) is 11.3 Å². The van der Waals surface area contributed by atoms with E-state index in [1.54, 1.807) is 12.4 Å². The number of rotatable bonds is 7. The molecule has 1 fully saturated rings. The molecule has 1 aliphatic heterocycles. The van der Waals surface area contributed by atoms with Crippen molar-refractivity contribution >= 4 is 28.8 Å². The Morgan fingerprint density at radius 3 is 2.97 bits per heavy atom. The van der Waals surface area contributed by atoms with E-state index in [-0.39, 0.29) is 24.3 Å². The molecule has 0 aliphatic carbocycles. The number of aromatic nitrogens is 2. The van der Waals surface area contributed by atoms with Crippen molar-refractivity contribution in [3.63, 3.8) is 0 Å². The van der Waals surface area contributed by atoms with Crippen LogP contribution in [0.4, 0.5) is 5.69 Å². The summed E-state index contributed by atoms with van der Waals surface area (Å²) in [6.07, 6.45) is 5.46. The summed E-state index contributed by atoms with van der Waals surface area (Å²) in [5, 5.41) is 5.69. The third kappa shape index (κ3) is 4.90. The van der Waals surface area contributed by atoms with Gasteiger partial charge in [-0.2, -0.15) is 0 Å². The summed E-state index contributed by atoms with van der Waals surface area (Å²) in [7, 11) is 0. The van der Waals surface area contributed by atoms with Crippen molar-refractivity contribution in [1.82, 2.24) is 14.9 Å². The number of hydrogen-bond donors (Lipinski definition) is 2. The van der Waals surface area contributed by atoms with E-state index in [1.807, 2.05) is 41.8 Å². The molecule has 3 aromatic rings. The second-order valence-corrected chi connectivity index (χ2v) is 8.20. The molecular weight excluding hydrogens is 398 g/mol. The third-order valence-electron chi connectivity index (χ3n) is 5.09. The van der Waals surface area contributed by atoms with Crippen LogP contribution in [0.15, 0.2) is 54.2 Å². The summed E-state index contributed by atoms with van der Waals surface area (Å²) >= 11 is 1.50. The fourth-order valence-electron chi connectivity index (χ4n) is 3.70. The highest BCUT2D eigenvalue weighted by atomic mass is 32.1. The molecule has 154 valence electrons. The van der Waals surface area contributed by atoms with Crippen LogP contribution >= 0.6 is 11.3 Å². The number of primary amides is 1. The number of carbonyl (C=O) groups is 2. The van der Waals surface area contributed by atoms with Gasteiger partial charge in [-0.3, -0.25) is 19.5 Å². The number of hydrogen-bond acceptors (Lipinski definition) is 6. The molecule has 2 amide bonds. The SMILES string of the molecule is NC(=O)C1CCCN1Cc1cccc(NC(=O)Cc2csc(-c3cccnc3)n2)c1. The lowest BCUT2D eigenvalue weighted by atomic mass is 10.1. The molecule has 0 spiro atoms. The minimum absolute atomic E-state index is 0.119. The normalized spacial score (nSPS) is 16.5. The van der Waals surface area contributed by atoms with E-state index in [1.165, 1.54) is 11.3 Å². The number of anilines is 1. The van der Waals surface area contributed by atoms with E-state index < -0.39 is 0 Å². The van der Waals surface area contributed by atoms with Crippen molar-refractivity contribution in [3.05, 3.63) is 65.4 Å². The molecule has 1 saturated heterocycles. The van der Waals surface area contributed by atoms with E-state index >= 15 is 0 Å². The van der Waals surface area contributed by atoms with Gasteiger partial charge < -0.3 is 11.1 Å². The number of nitrogens with two attached hydrogens (primary N) is 1. The smallest absolute Gasteiger partial charge is 0.234 e. The van der Waals surface area contributed by atoms with Crippen LogP contribution in [-0.2, 0) is 22.6 Å². The van der Waals surface area contributed by atoms with Crippen LogP contribution in [0.25, 0.3) is 10.6 Å². The Balaban J connectivity index is 1.36. The number of benzene rings is 1. The molecule has 0 saturated carbocycles. The summed E-state index contributed by atoms with van der Waals surface area (Å²) in [5.74, 6) is -0.391. The molecular formula is C22H23N5O2S. The molecule has 0 radical (unpaired) electrons. The van der Waals surface area contributed by atoms with Crippen molar-refractivity contribution in [3.8, 4) is 10.6 Å². The minimum atomic E-state index is -0.272. The van der Waals surface area contributed by atoms with Crippen LogP contribution < -0.4 is 11.1 Å². The number of pyridine rings is 1. The number of likely N-dealkylation sites (tertiary alicyclic amines) is 1. The Morgan fingerprint density at radius 1 is 1.27 bits per heavy atom. The second kappa shape index (κ2) is 9.15. The third-order valence-corrected chi connectivity index (χ3v) is 6.03. The summed E-state index contributed by atoms with van der Waals surface area (Å²) < 4.78 is 0. The van der Waals surface area contributed by atoms with Gasteiger partial charge in [0.05, 0.1) is 18.2 Å². The molecule has 1 aliphatic rings. The maximum Gasteiger partial charge on any atom is 0.234 e. The predicted molar refractivity (Wildman–Crippen MR) is 117 cm³/mol. The molecule has 1 aromatic carbocycles. The maximum atomic E-state index is 12.5. The maximum absolute atomic E-state index is 12.5. The first-order chi connectivity index (χ1) is 14.6. The molecule has 2 aromatic heterocycles. The molecule has 0 bridgehead atoms. The minimum Gasteiger partial charge on any atom is -0.368 e. The first-order valence-corrected chi connectivity index (χ1v) is 10.7. The Hall–Kier alpha value is -3.10. The van der Waals surface area contributed by atoms with E-state index in [0.717, 1.165) is 46.9 Å². The van der Waals surface area contributed by atoms with Crippen molar-refractivity contribution in [1.29, 1.82) is 0 Å². The molecule has 1 unspecified atom stereocenters. The van der Waals surface area contributed by atoms with Gasteiger partial charge in [0.15, 0.2) is 0 Å². The van der Waals surface area contributed by atoms with E-state index in [2.05, 4.69) is 20.2 Å². The van der Waals surface area contributed by atoms with Crippen molar-refractivity contribution < 1.29 is 9.59 Å².